The van der Waals surface area contributed by atoms with Gasteiger partial charge in [0.2, 0.25) is 0 Å². The van der Waals surface area contributed by atoms with Crippen LogP contribution in [0.4, 0.5) is 0 Å². The first kappa shape index (κ1) is 24.4. The van der Waals surface area contributed by atoms with E-state index in [4.69, 9.17) is 16.3 Å². The fraction of sp³-hybridized carbons (Fsp3) is 0.222. The Bertz CT molecular complexity index is 1460. The maximum atomic E-state index is 13.5. The maximum absolute atomic E-state index is 13.5. The number of amides is 1. The van der Waals surface area contributed by atoms with Crippen molar-refractivity contribution in [1.29, 1.82) is 0 Å². The van der Waals surface area contributed by atoms with Crippen molar-refractivity contribution in [2.75, 3.05) is 20.3 Å². The number of para-hydroxylation sites is 1. The predicted molar refractivity (Wildman–Crippen MR) is 137 cm³/mol. The van der Waals surface area contributed by atoms with E-state index in [1.165, 1.54) is 4.57 Å². The van der Waals surface area contributed by atoms with Crippen LogP contribution in [0.15, 0.2) is 82.4 Å². The van der Waals surface area contributed by atoms with Gasteiger partial charge in [0, 0.05) is 30.8 Å². The average Bonchev–Trinajstić information content (AvgIpc) is 2.88. The summed E-state index contributed by atoms with van der Waals surface area (Å²) >= 11 is 6.34. The van der Waals surface area contributed by atoms with E-state index in [0.29, 0.717) is 34.6 Å². The molecule has 0 saturated heterocycles. The van der Waals surface area contributed by atoms with Crippen molar-refractivity contribution in [3.05, 3.63) is 115 Å². The van der Waals surface area contributed by atoms with Crippen LogP contribution in [0, 0.1) is 0 Å². The lowest BCUT2D eigenvalue weighted by atomic mass is 10.1. The Balaban J connectivity index is 1.65. The molecular weight excluding hydrogens is 466 g/mol. The number of hydrogen-bond acceptors (Lipinski definition) is 4. The van der Waals surface area contributed by atoms with Gasteiger partial charge in [-0.1, -0.05) is 54.1 Å². The number of nitrogens with zero attached hydrogens (tertiary/aromatic N) is 2. The molecule has 0 bridgehead atoms. The van der Waals surface area contributed by atoms with Gasteiger partial charge in [-0.3, -0.25) is 18.7 Å². The van der Waals surface area contributed by atoms with Crippen LogP contribution in [0.3, 0.4) is 0 Å². The smallest absolute Gasteiger partial charge is 0.332 e. The monoisotopic (exact) mass is 491 g/mol. The molecule has 1 heterocycles. The standard InChI is InChI=1S/C27H26ClN3O4/c1-35-16-6-15-29-25(32)20-13-11-19(12-14-20)17-31-26(33)22-8-3-5-10-24(22)30(27(31)34)18-21-7-2-4-9-23(21)28/h2-5,7-14H,6,15-18H2,1H3,(H,29,32). The van der Waals surface area contributed by atoms with Gasteiger partial charge in [-0.2, -0.15) is 0 Å². The van der Waals surface area contributed by atoms with E-state index >= 15 is 0 Å². The molecule has 0 fully saturated rings. The van der Waals surface area contributed by atoms with E-state index in [0.717, 1.165) is 17.5 Å². The van der Waals surface area contributed by atoms with E-state index in [1.54, 1.807) is 66.3 Å². The van der Waals surface area contributed by atoms with Gasteiger partial charge in [-0.15, -0.1) is 0 Å². The molecule has 0 spiro atoms. The highest BCUT2D eigenvalue weighted by Gasteiger charge is 2.15. The number of carbonyl (C=O) groups excluding carboxylic acids is 1. The number of fused-ring (bicyclic) bond motifs is 1. The second-order valence-electron chi connectivity index (χ2n) is 8.17. The second kappa shape index (κ2) is 11.2. The second-order valence-corrected chi connectivity index (χ2v) is 8.57. The molecule has 35 heavy (non-hydrogen) atoms. The number of hydrogen-bond donors (Lipinski definition) is 1. The Hall–Kier alpha value is -3.68. The Morgan fingerprint density at radius 1 is 0.914 bits per heavy atom. The SMILES string of the molecule is COCCCNC(=O)c1ccc(Cn2c(=O)c3ccccc3n(Cc3ccccc3Cl)c2=O)cc1. The summed E-state index contributed by atoms with van der Waals surface area (Å²) in [5.74, 6) is -0.183. The quantitative estimate of drug-likeness (QED) is 0.362. The lowest BCUT2D eigenvalue weighted by molar-refractivity contribution is 0.0948. The first-order valence-corrected chi connectivity index (χ1v) is 11.7. The molecule has 0 aliphatic carbocycles. The molecule has 8 heteroatoms. The van der Waals surface area contributed by atoms with Gasteiger partial charge in [0.1, 0.15) is 0 Å². The van der Waals surface area contributed by atoms with Crippen molar-refractivity contribution >= 4 is 28.4 Å². The van der Waals surface area contributed by atoms with Crippen LogP contribution in [0.5, 0.6) is 0 Å². The Kier molecular flexibility index (Phi) is 7.80. The van der Waals surface area contributed by atoms with Gasteiger partial charge in [0.25, 0.3) is 11.5 Å². The molecule has 0 aliphatic rings. The Morgan fingerprint density at radius 3 is 2.37 bits per heavy atom. The van der Waals surface area contributed by atoms with Gasteiger partial charge in [0.15, 0.2) is 0 Å². The number of benzene rings is 3. The largest absolute Gasteiger partial charge is 0.385 e. The number of nitrogens with one attached hydrogen (secondary N) is 1. The first-order chi connectivity index (χ1) is 17.0. The van der Waals surface area contributed by atoms with Crippen LogP contribution in [0.1, 0.15) is 27.9 Å². The zero-order valence-electron chi connectivity index (χ0n) is 19.4. The molecule has 180 valence electrons. The maximum Gasteiger partial charge on any atom is 0.332 e. The summed E-state index contributed by atoms with van der Waals surface area (Å²) in [4.78, 5) is 39.0. The summed E-state index contributed by atoms with van der Waals surface area (Å²) < 4.78 is 7.77. The van der Waals surface area contributed by atoms with E-state index in [9.17, 15) is 14.4 Å². The summed E-state index contributed by atoms with van der Waals surface area (Å²) in [6, 6.07) is 21.3. The molecule has 1 N–H and O–H groups in total. The molecule has 1 amide bonds. The third-order valence-electron chi connectivity index (χ3n) is 5.79. The summed E-state index contributed by atoms with van der Waals surface area (Å²) in [7, 11) is 1.62. The van der Waals surface area contributed by atoms with Crippen LogP contribution >= 0.6 is 11.6 Å². The molecule has 0 saturated carbocycles. The number of carbonyl (C=O) groups is 1. The van der Waals surface area contributed by atoms with Crippen LogP contribution in [-0.2, 0) is 17.8 Å². The molecule has 3 aromatic carbocycles. The molecule has 7 nitrogen and oxygen atoms in total. The number of methoxy groups -OCH3 is 1. The lowest BCUT2D eigenvalue weighted by Crippen LogP contribution is -2.40. The number of ether oxygens (including phenoxy) is 1. The van der Waals surface area contributed by atoms with Crippen molar-refractivity contribution in [2.45, 2.75) is 19.5 Å². The predicted octanol–water partition coefficient (Wildman–Crippen LogP) is 3.68. The van der Waals surface area contributed by atoms with Crippen molar-refractivity contribution in [3.63, 3.8) is 0 Å². The van der Waals surface area contributed by atoms with Crippen molar-refractivity contribution in [1.82, 2.24) is 14.5 Å². The van der Waals surface area contributed by atoms with Gasteiger partial charge < -0.3 is 10.1 Å². The zero-order chi connectivity index (χ0) is 24.8. The molecular formula is C27H26ClN3O4. The van der Waals surface area contributed by atoms with E-state index in [1.807, 2.05) is 18.2 Å². The minimum Gasteiger partial charge on any atom is -0.385 e. The molecule has 4 rings (SSSR count). The highest BCUT2D eigenvalue weighted by molar-refractivity contribution is 6.31. The molecule has 0 radical (unpaired) electrons. The molecule has 0 unspecified atom stereocenters. The fourth-order valence-electron chi connectivity index (χ4n) is 3.92. The number of halogens is 1. The van der Waals surface area contributed by atoms with Crippen molar-refractivity contribution in [3.8, 4) is 0 Å². The van der Waals surface area contributed by atoms with Crippen molar-refractivity contribution < 1.29 is 9.53 Å². The normalized spacial score (nSPS) is 11.0. The first-order valence-electron chi connectivity index (χ1n) is 11.3. The molecule has 0 atom stereocenters. The summed E-state index contributed by atoms with van der Waals surface area (Å²) in [6.07, 6.45) is 0.728. The summed E-state index contributed by atoms with van der Waals surface area (Å²) in [6.45, 7) is 1.42. The van der Waals surface area contributed by atoms with Crippen molar-refractivity contribution in [2.24, 2.45) is 0 Å². The molecule has 1 aromatic heterocycles. The highest BCUT2D eigenvalue weighted by atomic mass is 35.5. The summed E-state index contributed by atoms with van der Waals surface area (Å²) in [5.41, 5.74) is 1.80. The fourth-order valence-corrected chi connectivity index (χ4v) is 4.12. The van der Waals surface area contributed by atoms with Crippen LogP contribution < -0.4 is 16.6 Å². The lowest BCUT2D eigenvalue weighted by Gasteiger charge is -2.15. The van der Waals surface area contributed by atoms with Gasteiger partial charge in [0.05, 0.1) is 24.0 Å². The number of rotatable bonds is 9. The van der Waals surface area contributed by atoms with Gasteiger partial charge >= 0.3 is 5.69 Å². The molecule has 0 aliphatic heterocycles. The number of aromatic nitrogens is 2. The zero-order valence-corrected chi connectivity index (χ0v) is 20.1. The Morgan fingerprint density at radius 2 is 1.63 bits per heavy atom. The summed E-state index contributed by atoms with van der Waals surface area (Å²) in [5, 5.41) is 3.84. The van der Waals surface area contributed by atoms with Gasteiger partial charge in [-0.25, -0.2) is 4.79 Å². The van der Waals surface area contributed by atoms with E-state index in [2.05, 4.69) is 5.32 Å². The minimum absolute atomic E-state index is 0.0841. The third kappa shape index (κ3) is 5.53. The van der Waals surface area contributed by atoms with Crippen LogP contribution in [-0.4, -0.2) is 35.3 Å². The van der Waals surface area contributed by atoms with E-state index in [-0.39, 0.29) is 24.6 Å². The third-order valence-corrected chi connectivity index (χ3v) is 6.15. The highest BCUT2D eigenvalue weighted by Crippen LogP contribution is 2.18. The van der Waals surface area contributed by atoms with Crippen LogP contribution in [0.2, 0.25) is 5.02 Å². The average molecular weight is 492 g/mol. The van der Waals surface area contributed by atoms with Crippen LogP contribution in [0.25, 0.3) is 10.9 Å². The Labute approximate surface area is 207 Å². The topological polar surface area (TPSA) is 82.3 Å². The minimum atomic E-state index is -0.423. The molecule has 4 aromatic rings. The van der Waals surface area contributed by atoms with E-state index < -0.39 is 5.69 Å². The van der Waals surface area contributed by atoms with Gasteiger partial charge in [-0.05, 0) is 47.9 Å².